The number of rotatable bonds is 4. The van der Waals surface area contributed by atoms with E-state index in [1.807, 2.05) is 38.1 Å². The van der Waals surface area contributed by atoms with Crippen molar-refractivity contribution < 1.29 is 9.47 Å². The Kier molecular flexibility index (Phi) is 4.62. The zero-order valence-corrected chi connectivity index (χ0v) is 13.8. The van der Waals surface area contributed by atoms with Crippen molar-refractivity contribution in [2.45, 2.75) is 13.8 Å². The molecule has 0 amide bonds. The number of morpholine rings is 1. The van der Waals surface area contributed by atoms with E-state index in [2.05, 4.69) is 20.2 Å². The number of hydrogen-bond acceptors (Lipinski definition) is 6. The van der Waals surface area contributed by atoms with Crippen molar-refractivity contribution in [3.8, 4) is 5.75 Å². The minimum atomic E-state index is 0.579. The monoisotopic (exact) mass is 314 g/mol. The van der Waals surface area contributed by atoms with Gasteiger partial charge in [0.2, 0.25) is 5.95 Å². The predicted molar refractivity (Wildman–Crippen MR) is 90.8 cm³/mol. The van der Waals surface area contributed by atoms with Crippen molar-refractivity contribution in [3.63, 3.8) is 0 Å². The second-order valence-corrected chi connectivity index (χ2v) is 5.62. The van der Waals surface area contributed by atoms with Gasteiger partial charge in [-0.2, -0.15) is 4.98 Å². The highest BCUT2D eigenvalue weighted by Gasteiger charge is 2.15. The Morgan fingerprint density at radius 3 is 2.65 bits per heavy atom. The van der Waals surface area contributed by atoms with Crippen LogP contribution < -0.4 is 15.0 Å². The molecule has 1 saturated heterocycles. The van der Waals surface area contributed by atoms with Gasteiger partial charge in [-0.15, -0.1) is 0 Å². The SMILES string of the molecule is COc1ccc(C)cc1Nc1nc(C)cc(N2CCOCC2)n1. The van der Waals surface area contributed by atoms with Crippen LogP contribution in [0.2, 0.25) is 0 Å². The van der Waals surface area contributed by atoms with Crippen LogP contribution in [0.4, 0.5) is 17.5 Å². The number of anilines is 3. The Hall–Kier alpha value is -2.34. The zero-order chi connectivity index (χ0) is 16.2. The summed E-state index contributed by atoms with van der Waals surface area (Å²) in [6.07, 6.45) is 0. The Labute approximate surface area is 136 Å². The van der Waals surface area contributed by atoms with Gasteiger partial charge in [-0.3, -0.25) is 0 Å². The molecule has 0 aliphatic carbocycles. The van der Waals surface area contributed by atoms with Crippen molar-refractivity contribution in [2.75, 3.05) is 43.6 Å². The van der Waals surface area contributed by atoms with Gasteiger partial charge >= 0.3 is 0 Å². The van der Waals surface area contributed by atoms with E-state index in [-0.39, 0.29) is 0 Å². The molecular formula is C17H22N4O2. The summed E-state index contributed by atoms with van der Waals surface area (Å²) in [5.74, 6) is 2.28. The molecule has 0 bridgehead atoms. The van der Waals surface area contributed by atoms with E-state index < -0.39 is 0 Å². The summed E-state index contributed by atoms with van der Waals surface area (Å²) < 4.78 is 10.8. The van der Waals surface area contributed by atoms with Gasteiger partial charge in [0, 0.05) is 24.8 Å². The van der Waals surface area contributed by atoms with Crippen molar-refractivity contribution in [1.82, 2.24) is 9.97 Å². The fraction of sp³-hybridized carbons (Fsp3) is 0.412. The van der Waals surface area contributed by atoms with Crippen LogP contribution in [0.1, 0.15) is 11.3 Å². The van der Waals surface area contributed by atoms with Crippen LogP contribution >= 0.6 is 0 Å². The first-order valence-corrected chi connectivity index (χ1v) is 7.76. The van der Waals surface area contributed by atoms with Gasteiger partial charge in [0.25, 0.3) is 0 Å². The van der Waals surface area contributed by atoms with Crippen LogP contribution in [-0.2, 0) is 4.74 Å². The third-order valence-corrected chi connectivity index (χ3v) is 3.78. The van der Waals surface area contributed by atoms with Crippen molar-refractivity contribution in [3.05, 3.63) is 35.5 Å². The highest BCUT2D eigenvalue weighted by Crippen LogP contribution is 2.28. The van der Waals surface area contributed by atoms with Crippen molar-refractivity contribution in [1.29, 1.82) is 0 Å². The zero-order valence-electron chi connectivity index (χ0n) is 13.8. The summed E-state index contributed by atoms with van der Waals surface area (Å²) in [5.41, 5.74) is 2.94. The van der Waals surface area contributed by atoms with Crippen LogP contribution in [0.15, 0.2) is 24.3 Å². The summed E-state index contributed by atoms with van der Waals surface area (Å²) in [7, 11) is 1.66. The van der Waals surface area contributed by atoms with Gasteiger partial charge in [0.05, 0.1) is 26.0 Å². The highest BCUT2D eigenvalue weighted by atomic mass is 16.5. The van der Waals surface area contributed by atoms with E-state index in [0.29, 0.717) is 5.95 Å². The maximum Gasteiger partial charge on any atom is 0.229 e. The van der Waals surface area contributed by atoms with Gasteiger partial charge in [-0.25, -0.2) is 4.98 Å². The molecule has 0 spiro atoms. The molecule has 1 fully saturated rings. The van der Waals surface area contributed by atoms with Gasteiger partial charge in [-0.1, -0.05) is 6.07 Å². The maximum absolute atomic E-state index is 5.40. The molecule has 2 heterocycles. The number of methoxy groups -OCH3 is 1. The Balaban J connectivity index is 1.88. The minimum absolute atomic E-state index is 0.579. The lowest BCUT2D eigenvalue weighted by molar-refractivity contribution is 0.122. The van der Waals surface area contributed by atoms with Crippen LogP contribution in [-0.4, -0.2) is 43.4 Å². The molecule has 0 unspecified atom stereocenters. The van der Waals surface area contributed by atoms with Gasteiger partial charge < -0.3 is 19.7 Å². The first kappa shape index (κ1) is 15.6. The topological polar surface area (TPSA) is 59.5 Å². The third kappa shape index (κ3) is 3.71. The van der Waals surface area contributed by atoms with E-state index in [1.54, 1.807) is 7.11 Å². The molecule has 1 aromatic carbocycles. The number of nitrogens with zero attached hydrogens (tertiary/aromatic N) is 3. The second kappa shape index (κ2) is 6.83. The molecule has 3 rings (SSSR count). The smallest absolute Gasteiger partial charge is 0.229 e. The molecule has 1 aliphatic rings. The molecule has 122 valence electrons. The quantitative estimate of drug-likeness (QED) is 0.936. The number of hydrogen-bond donors (Lipinski definition) is 1. The molecule has 1 N–H and O–H groups in total. The fourth-order valence-electron chi connectivity index (χ4n) is 2.60. The Morgan fingerprint density at radius 2 is 1.91 bits per heavy atom. The minimum Gasteiger partial charge on any atom is -0.495 e. The van der Waals surface area contributed by atoms with Crippen LogP contribution in [0.3, 0.4) is 0 Å². The summed E-state index contributed by atoms with van der Waals surface area (Å²) >= 11 is 0. The standard InChI is InChI=1S/C17H22N4O2/c1-12-4-5-15(22-3)14(10-12)19-17-18-13(2)11-16(20-17)21-6-8-23-9-7-21/h4-5,10-11H,6-9H2,1-3H3,(H,18,19,20). The first-order valence-electron chi connectivity index (χ1n) is 7.76. The van der Waals surface area contributed by atoms with Crippen LogP contribution in [0, 0.1) is 13.8 Å². The molecule has 1 aliphatic heterocycles. The highest BCUT2D eigenvalue weighted by molar-refractivity contribution is 5.64. The number of nitrogens with one attached hydrogen (secondary N) is 1. The number of ether oxygens (including phenoxy) is 2. The van der Waals surface area contributed by atoms with Gasteiger partial charge in [0.15, 0.2) is 0 Å². The van der Waals surface area contributed by atoms with Crippen molar-refractivity contribution >= 4 is 17.5 Å². The molecule has 1 aromatic heterocycles. The lowest BCUT2D eigenvalue weighted by atomic mass is 10.2. The largest absolute Gasteiger partial charge is 0.495 e. The molecule has 0 radical (unpaired) electrons. The van der Waals surface area contributed by atoms with E-state index in [4.69, 9.17) is 9.47 Å². The summed E-state index contributed by atoms with van der Waals surface area (Å²) in [6.45, 7) is 7.19. The normalized spacial score (nSPS) is 14.7. The van der Waals surface area contributed by atoms with Crippen molar-refractivity contribution in [2.24, 2.45) is 0 Å². The number of benzene rings is 1. The van der Waals surface area contributed by atoms with Gasteiger partial charge in [-0.05, 0) is 31.5 Å². The van der Waals surface area contributed by atoms with Gasteiger partial charge in [0.1, 0.15) is 11.6 Å². The fourth-order valence-corrected chi connectivity index (χ4v) is 2.60. The van der Waals surface area contributed by atoms with Crippen LogP contribution in [0.25, 0.3) is 0 Å². The Morgan fingerprint density at radius 1 is 1.13 bits per heavy atom. The Bertz CT molecular complexity index is 684. The molecule has 2 aromatic rings. The molecule has 6 heteroatoms. The van der Waals surface area contributed by atoms with Crippen LogP contribution in [0.5, 0.6) is 5.75 Å². The molecule has 23 heavy (non-hydrogen) atoms. The molecule has 0 atom stereocenters. The number of aryl methyl sites for hydroxylation is 2. The van der Waals surface area contributed by atoms with E-state index in [0.717, 1.165) is 54.8 Å². The second-order valence-electron chi connectivity index (χ2n) is 5.62. The van der Waals surface area contributed by atoms with E-state index in [1.165, 1.54) is 0 Å². The number of aromatic nitrogens is 2. The molecular weight excluding hydrogens is 292 g/mol. The summed E-state index contributed by atoms with van der Waals surface area (Å²) in [5, 5.41) is 3.28. The average Bonchev–Trinajstić information content (AvgIpc) is 2.55. The average molecular weight is 314 g/mol. The predicted octanol–water partition coefficient (Wildman–Crippen LogP) is 2.68. The third-order valence-electron chi connectivity index (χ3n) is 3.78. The summed E-state index contributed by atoms with van der Waals surface area (Å²) in [6, 6.07) is 7.99. The first-order chi connectivity index (χ1) is 11.2. The molecule has 6 nitrogen and oxygen atoms in total. The summed E-state index contributed by atoms with van der Waals surface area (Å²) in [4.78, 5) is 11.4. The molecule has 0 saturated carbocycles. The van der Waals surface area contributed by atoms with E-state index in [9.17, 15) is 0 Å². The lowest BCUT2D eigenvalue weighted by Crippen LogP contribution is -2.36. The lowest BCUT2D eigenvalue weighted by Gasteiger charge is -2.28. The van der Waals surface area contributed by atoms with E-state index >= 15 is 0 Å². The maximum atomic E-state index is 5.40.